The number of rotatable bonds is 5. The number of aryl methyl sites for hydroxylation is 1. The van der Waals surface area contributed by atoms with Gasteiger partial charge in [-0.3, -0.25) is 0 Å². The summed E-state index contributed by atoms with van der Waals surface area (Å²) in [7, 11) is 0. The first-order valence-electron chi connectivity index (χ1n) is 8.36. The molecule has 0 aliphatic carbocycles. The van der Waals surface area contributed by atoms with E-state index in [0.717, 1.165) is 41.2 Å². The Labute approximate surface area is 140 Å². The lowest BCUT2D eigenvalue weighted by atomic mass is 10.2. The molecule has 2 N–H and O–H groups in total. The average Bonchev–Trinajstić information content (AvgIpc) is 3.20. The fourth-order valence-electron chi connectivity index (χ4n) is 3.13. The van der Waals surface area contributed by atoms with Gasteiger partial charge in [0.05, 0.1) is 29.0 Å². The molecule has 5 heteroatoms. The number of benzene rings is 1. The van der Waals surface area contributed by atoms with Crippen molar-refractivity contribution < 1.29 is 0 Å². The van der Waals surface area contributed by atoms with Crippen LogP contribution in [0.1, 0.15) is 36.5 Å². The monoisotopic (exact) mass is 319 g/mol. The van der Waals surface area contributed by atoms with Crippen molar-refractivity contribution in [2.24, 2.45) is 0 Å². The molecule has 0 saturated heterocycles. The molecule has 3 aromatic heterocycles. The number of aromatic nitrogens is 4. The van der Waals surface area contributed by atoms with E-state index in [0.29, 0.717) is 0 Å². The van der Waals surface area contributed by atoms with Crippen molar-refractivity contribution >= 4 is 16.7 Å². The van der Waals surface area contributed by atoms with E-state index in [4.69, 9.17) is 4.98 Å². The van der Waals surface area contributed by atoms with Crippen molar-refractivity contribution in [3.63, 3.8) is 0 Å². The lowest BCUT2D eigenvalue weighted by molar-refractivity contribution is 0.494. The van der Waals surface area contributed by atoms with Crippen LogP contribution in [0, 0.1) is 6.92 Å². The number of H-pyrrole nitrogens is 1. The number of nitrogens with zero attached hydrogens (tertiary/aromatic N) is 3. The Morgan fingerprint density at radius 1 is 1.21 bits per heavy atom. The lowest BCUT2D eigenvalue weighted by Gasteiger charge is -2.14. The predicted molar refractivity (Wildman–Crippen MR) is 95.9 cm³/mol. The maximum absolute atomic E-state index is 4.72. The molecule has 1 aromatic carbocycles. The molecule has 3 heterocycles. The summed E-state index contributed by atoms with van der Waals surface area (Å²) in [6, 6.07) is 12.5. The van der Waals surface area contributed by atoms with Crippen molar-refractivity contribution in [1.29, 1.82) is 0 Å². The normalized spacial score (nSPS) is 12.9. The molecule has 5 nitrogen and oxygen atoms in total. The van der Waals surface area contributed by atoms with E-state index in [2.05, 4.69) is 57.9 Å². The van der Waals surface area contributed by atoms with Crippen LogP contribution in [-0.4, -0.2) is 19.4 Å². The van der Waals surface area contributed by atoms with Crippen molar-refractivity contribution in [1.82, 2.24) is 24.7 Å². The van der Waals surface area contributed by atoms with E-state index >= 15 is 0 Å². The van der Waals surface area contributed by atoms with Crippen LogP contribution in [-0.2, 0) is 6.54 Å². The molecule has 0 aliphatic rings. The highest BCUT2D eigenvalue weighted by Gasteiger charge is 2.14. The molecule has 0 aliphatic heterocycles. The van der Waals surface area contributed by atoms with Gasteiger partial charge >= 0.3 is 0 Å². The van der Waals surface area contributed by atoms with Gasteiger partial charge in [0.2, 0.25) is 0 Å². The summed E-state index contributed by atoms with van der Waals surface area (Å²) in [4.78, 5) is 12.7. The molecule has 0 amide bonds. The largest absolute Gasteiger partial charge is 0.341 e. The number of hydrogen-bond donors (Lipinski definition) is 2. The summed E-state index contributed by atoms with van der Waals surface area (Å²) in [6.45, 7) is 5.01. The van der Waals surface area contributed by atoms with Crippen LogP contribution in [0.3, 0.4) is 0 Å². The quantitative estimate of drug-likeness (QED) is 0.589. The average molecular weight is 319 g/mol. The topological polar surface area (TPSA) is 58.0 Å². The van der Waals surface area contributed by atoms with Gasteiger partial charge in [-0.15, -0.1) is 0 Å². The van der Waals surface area contributed by atoms with Gasteiger partial charge < -0.3 is 14.7 Å². The molecular weight excluding hydrogens is 298 g/mol. The maximum Gasteiger partial charge on any atom is 0.139 e. The third kappa shape index (κ3) is 2.57. The second kappa shape index (κ2) is 6.09. The smallest absolute Gasteiger partial charge is 0.139 e. The fourth-order valence-corrected chi connectivity index (χ4v) is 3.13. The van der Waals surface area contributed by atoms with Crippen molar-refractivity contribution in [3.05, 3.63) is 65.9 Å². The molecule has 0 radical (unpaired) electrons. The molecule has 1 atom stereocenters. The van der Waals surface area contributed by atoms with Gasteiger partial charge in [0.15, 0.2) is 0 Å². The first-order valence-corrected chi connectivity index (χ1v) is 8.36. The van der Waals surface area contributed by atoms with Crippen LogP contribution in [0.25, 0.3) is 16.7 Å². The SMILES string of the molecule is CC[C@@H](NCc1cnc2c(C)cccn12)c1nc2ccccc2[nH]1. The third-order valence-corrected chi connectivity index (χ3v) is 4.48. The van der Waals surface area contributed by atoms with Crippen LogP contribution in [0.5, 0.6) is 0 Å². The molecule has 24 heavy (non-hydrogen) atoms. The lowest BCUT2D eigenvalue weighted by Crippen LogP contribution is -2.22. The summed E-state index contributed by atoms with van der Waals surface area (Å²) < 4.78 is 2.15. The van der Waals surface area contributed by atoms with E-state index in [1.165, 1.54) is 5.56 Å². The highest BCUT2D eigenvalue weighted by atomic mass is 15.1. The Kier molecular flexibility index (Phi) is 3.78. The number of aromatic amines is 1. The molecule has 0 saturated carbocycles. The van der Waals surface area contributed by atoms with Gasteiger partial charge in [-0.05, 0) is 37.1 Å². The van der Waals surface area contributed by atoms with Crippen molar-refractivity contribution in [3.8, 4) is 0 Å². The minimum absolute atomic E-state index is 0.188. The van der Waals surface area contributed by atoms with E-state index in [9.17, 15) is 0 Å². The van der Waals surface area contributed by atoms with Gasteiger partial charge in [0.25, 0.3) is 0 Å². The number of nitrogens with one attached hydrogen (secondary N) is 2. The van der Waals surface area contributed by atoms with Crippen LogP contribution in [0.2, 0.25) is 0 Å². The first kappa shape index (κ1) is 14.9. The van der Waals surface area contributed by atoms with E-state index < -0.39 is 0 Å². The Balaban J connectivity index is 1.57. The molecule has 4 rings (SSSR count). The minimum Gasteiger partial charge on any atom is -0.341 e. The van der Waals surface area contributed by atoms with E-state index in [1.807, 2.05) is 24.4 Å². The minimum atomic E-state index is 0.188. The van der Waals surface area contributed by atoms with E-state index in [1.54, 1.807) is 0 Å². The molecule has 0 spiro atoms. The highest BCUT2D eigenvalue weighted by Crippen LogP contribution is 2.19. The summed E-state index contributed by atoms with van der Waals surface area (Å²) in [5.41, 5.74) is 5.46. The van der Waals surface area contributed by atoms with Gasteiger partial charge in [0, 0.05) is 12.7 Å². The van der Waals surface area contributed by atoms with Gasteiger partial charge in [0.1, 0.15) is 11.5 Å². The van der Waals surface area contributed by atoms with Crippen LogP contribution < -0.4 is 5.32 Å². The van der Waals surface area contributed by atoms with E-state index in [-0.39, 0.29) is 6.04 Å². The number of pyridine rings is 1. The Bertz CT molecular complexity index is 949. The molecule has 122 valence electrons. The summed E-state index contributed by atoms with van der Waals surface area (Å²) in [5.74, 6) is 0.990. The summed E-state index contributed by atoms with van der Waals surface area (Å²) in [6.07, 6.45) is 4.98. The zero-order valence-electron chi connectivity index (χ0n) is 14.0. The summed E-state index contributed by atoms with van der Waals surface area (Å²) in [5, 5.41) is 3.61. The second-order valence-electron chi connectivity index (χ2n) is 6.12. The third-order valence-electron chi connectivity index (χ3n) is 4.48. The fraction of sp³-hybridized carbons (Fsp3) is 0.263. The molecule has 4 aromatic rings. The maximum atomic E-state index is 4.72. The highest BCUT2D eigenvalue weighted by molar-refractivity contribution is 5.74. The van der Waals surface area contributed by atoms with Crippen LogP contribution in [0.4, 0.5) is 0 Å². The molecular formula is C19H21N5. The Morgan fingerprint density at radius 3 is 2.92 bits per heavy atom. The second-order valence-corrected chi connectivity index (χ2v) is 6.12. The predicted octanol–water partition coefficient (Wildman–Crippen LogP) is 3.76. The zero-order valence-corrected chi connectivity index (χ0v) is 14.0. The van der Waals surface area contributed by atoms with Gasteiger partial charge in [-0.25, -0.2) is 9.97 Å². The summed E-state index contributed by atoms with van der Waals surface area (Å²) >= 11 is 0. The van der Waals surface area contributed by atoms with Crippen LogP contribution in [0.15, 0.2) is 48.8 Å². The standard InChI is InChI=1S/C19H21N5/c1-3-15(18-22-16-8-4-5-9-17(16)23-18)20-11-14-12-21-19-13(2)7-6-10-24(14)19/h4-10,12,15,20H,3,11H2,1-2H3,(H,22,23)/t15-/m1/s1. The molecule has 0 fully saturated rings. The van der Waals surface area contributed by atoms with Gasteiger partial charge in [-0.1, -0.05) is 25.1 Å². The zero-order chi connectivity index (χ0) is 16.5. The number of imidazole rings is 2. The first-order chi connectivity index (χ1) is 11.8. The Morgan fingerprint density at radius 2 is 2.08 bits per heavy atom. The molecule has 0 unspecified atom stereocenters. The van der Waals surface area contributed by atoms with Gasteiger partial charge in [-0.2, -0.15) is 0 Å². The Hall–Kier alpha value is -2.66. The van der Waals surface area contributed by atoms with Crippen molar-refractivity contribution in [2.45, 2.75) is 32.9 Å². The van der Waals surface area contributed by atoms with Crippen molar-refractivity contribution in [2.75, 3.05) is 0 Å². The molecule has 0 bridgehead atoms. The number of hydrogen-bond acceptors (Lipinski definition) is 3. The number of fused-ring (bicyclic) bond motifs is 2. The number of para-hydroxylation sites is 2. The van der Waals surface area contributed by atoms with Crippen LogP contribution >= 0.6 is 0 Å².